The molecule has 1 saturated heterocycles. The Hall–Kier alpha value is -1.37. The zero-order valence-electron chi connectivity index (χ0n) is 12.9. The molecule has 0 N–H and O–H groups in total. The Morgan fingerprint density at radius 1 is 1.35 bits per heavy atom. The van der Waals surface area contributed by atoms with Gasteiger partial charge >= 0.3 is 0 Å². The SMILES string of the molecule is CCC1CN(C)CCCN1Cc1ccc(C#N)cc1C. The molecule has 0 amide bonds. The van der Waals surface area contributed by atoms with Crippen LogP contribution in [0.25, 0.3) is 0 Å². The minimum atomic E-state index is 0.637. The molecular weight excluding hydrogens is 246 g/mol. The summed E-state index contributed by atoms with van der Waals surface area (Å²) >= 11 is 0. The standard InChI is InChI=1S/C17H25N3/c1-4-17-13-19(3)8-5-9-20(17)12-16-7-6-15(11-18)10-14(16)2/h6-7,10,17H,4-5,8-9,12-13H2,1-3H3. The monoisotopic (exact) mass is 271 g/mol. The molecule has 0 bridgehead atoms. The second kappa shape index (κ2) is 6.88. The van der Waals surface area contributed by atoms with Crippen molar-refractivity contribution in [3.8, 4) is 6.07 Å². The first-order chi connectivity index (χ1) is 9.63. The van der Waals surface area contributed by atoms with Crippen LogP contribution in [0.4, 0.5) is 0 Å². The number of nitrogens with zero attached hydrogens (tertiary/aromatic N) is 3. The summed E-state index contributed by atoms with van der Waals surface area (Å²) in [5.74, 6) is 0. The van der Waals surface area contributed by atoms with Gasteiger partial charge in [0.2, 0.25) is 0 Å². The maximum atomic E-state index is 8.95. The highest BCUT2D eigenvalue weighted by atomic mass is 15.2. The fourth-order valence-corrected chi connectivity index (χ4v) is 3.05. The second-order valence-electron chi connectivity index (χ2n) is 5.90. The third-order valence-electron chi connectivity index (χ3n) is 4.34. The van der Waals surface area contributed by atoms with Crippen LogP contribution in [0.1, 0.15) is 36.5 Å². The smallest absolute Gasteiger partial charge is 0.0991 e. The maximum absolute atomic E-state index is 8.95. The molecule has 1 aromatic carbocycles. The fraction of sp³-hybridized carbons (Fsp3) is 0.588. The molecule has 1 aliphatic heterocycles. The van der Waals surface area contributed by atoms with Crippen molar-refractivity contribution in [2.45, 2.75) is 39.3 Å². The molecule has 108 valence electrons. The van der Waals surface area contributed by atoms with Gasteiger partial charge in [0.15, 0.2) is 0 Å². The zero-order valence-corrected chi connectivity index (χ0v) is 12.9. The van der Waals surface area contributed by atoms with E-state index >= 15 is 0 Å². The number of rotatable bonds is 3. The van der Waals surface area contributed by atoms with Crippen LogP contribution in [-0.4, -0.2) is 42.5 Å². The van der Waals surface area contributed by atoms with E-state index in [9.17, 15) is 0 Å². The normalized spacial score (nSPS) is 21.4. The van der Waals surface area contributed by atoms with Gasteiger partial charge in [0.25, 0.3) is 0 Å². The summed E-state index contributed by atoms with van der Waals surface area (Å²) in [4.78, 5) is 5.05. The van der Waals surface area contributed by atoms with Crippen LogP contribution in [0.3, 0.4) is 0 Å². The van der Waals surface area contributed by atoms with Crippen LogP contribution in [0.5, 0.6) is 0 Å². The number of benzene rings is 1. The molecule has 0 aliphatic carbocycles. The molecule has 0 radical (unpaired) electrons. The lowest BCUT2D eigenvalue weighted by Gasteiger charge is -2.30. The molecule has 1 unspecified atom stereocenters. The van der Waals surface area contributed by atoms with Crippen molar-refractivity contribution in [1.29, 1.82) is 5.26 Å². The van der Waals surface area contributed by atoms with Crippen LogP contribution in [-0.2, 0) is 6.54 Å². The molecule has 0 saturated carbocycles. The first-order valence-electron chi connectivity index (χ1n) is 7.56. The highest BCUT2D eigenvalue weighted by Gasteiger charge is 2.22. The Balaban J connectivity index is 2.13. The van der Waals surface area contributed by atoms with Crippen molar-refractivity contribution in [2.24, 2.45) is 0 Å². The first kappa shape index (κ1) is 15.0. The number of nitriles is 1. The fourth-order valence-electron chi connectivity index (χ4n) is 3.05. The summed E-state index contributed by atoms with van der Waals surface area (Å²) in [5, 5.41) is 8.95. The van der Waals surface area contributed by atoms with E-state index in [1.807, 2.05) is 12.1 Å². The van der Waals surface area contributed by atoms with E-state index in [-0.39, 0.29) is 0 Å². The number of hydrogen-bond acceptors (Lipinski definition) is 3. The largest absolute Gasteiger partial charge is 0.305 e. The van der Waals surface area contributed by atoms with E-state index in [0.717, 1.165) is 18.7 Å². The zero-order chi connectivity index (χ0) is 14.5. The summed E-state index contributed by atoms with van der Waals surface area (Å²) in [5.41, 5.74) is 3.34. The molecule has 1 fully saturated rings. The molecule has 1 atom stereocenters. The molecule has 0 aromatic heterocycles. The van der Waals surface area contributed by atoms with Crippen molar-refractivity contribution in [3.63, 3.8) is 0 Å². The van der Waals surface area contributed by atoms with Gasteiger partial charge < -0.3 is 4.90 Å². The second-order valence-corrected chi connectivity index (χ2v) is 5.90. The van der Waals surface area contributed by atoms with Crippen LogP contribution >= 0.6 is 0 Å². The minimum absolute atomic E-state index is 0.637. The summed E-state index contributed by atoms with van der Waals surface area (Å²) in [6, 6.07) is 8.91. The Bertz CT molecular complexity index is 489. The highest BCUT2D eigenvalue weighted by molar-refractivity contribution is 5.37. The molecule has 0 spiro atoms. The van der Waals surface area contributed by atoms with Gasteiger partial charge in [0.05, 0.1) is 11.6 Å². The molecule has 2 rings (SSSR count). The molecule has 3 nitrogen and oxygen atoms in total. The lowest BCUT2D eigenvalue weighted by Crippen LogP contribution is -2.39. The topological polar surface area (TPSA) is 30.3 Å². The Morgan fingerprint density at radius 3 is 2.80 bits per heavy atom. The van der Waals surface area contributed by atoms with Crippen molar-refractivity contribution in [2.75, 3.05) is 26.7 Å². The summed E-state index contributed by atoms with van der Waals surface area (Å²) < 4.78 is 0. The quantitative estimate of drug-likeness (QED) is 0.847. The van der Waals surface area contributed by atoms with Crippen molar-refractivity contribution in [3.05, 3.63) is 34.9 Å². The third kappa shape index (κ3) is 3.59. The summed E-state index contributed by atoms with van der Waals surface area (Å²) in [6.07, 6.45) is 2.43. The minimum Gasteiger partial charge on any atom is -0.305 e. The van der Waals surface area contributed by atoms with E-state index in [1.54, 1.807) is 0 Å². The molecular formula is C17H25N3. The lowest BCUT2D eigenvalue weighted by molar-refractivity contribution is 0.175. The summed E-state index contributed by atoms with van der Waals surface area (Å²) in [6.45, 7) is 8.92. The van der Waals surface area contributed by atoms with Crippen LogP contribution in [0, 0.1) is 18.3 Å². The highest BCUT2D eigenvalue weighted by Crippen LogP contribution is 2.18. The molecule has 3 heteroatoms. The molecule has 20 heavy (non-hydrogen) atoms. The average Bonchev–Trinajstić information content (AvgIpc) is 2.62. The van der Waals surface area contributed by atoms with Gasteiger partial charge in [-0.15, -0.1) is 0 Å². The van der Waals surface area contributed by atoms with Gasteiger partial charge in [0, 0.05) is 25.7 Å². The van der Waals surface area contributed by atoms with Crippen LogP contribution < -0.4 is 0 Å². The van der Waals surface area contributed by atoms with E-state index in [1.165, 1.54) is 37.1 Å². The van der Waals surface area contributed by atoms with Crippen LogP contribution in [0.15, 0.2) is 18.2 Å². The summed E-state index contributed by atoms with van der Waals surface area (Å²) in [7, 11) is 2.22. The molecule has 1 aliphatic rings. The molecule has 1 heterocycles. The lowest BCUT2D eigenvalue weighted by atomic mass is 10.0. The predicted octanol–water partition coefficient (Wildman–Crippen LogP) is 2.78. The van der Waals surface area contributed by atoms with Gasteiger partial charge in [-0.25, -0.2) is 0 Å². The maximum Gasteiger partial charge on any atom is 0.0991 e. The number of aryl methyl sites for hydroxylation is 1. The first-order valence-corrected chi connectivity index (χ1v) is 7.56. The van der Waals surface area contributed by atoms with Gasteiger partial charge in [-0.05, 0) is 56.6 Å². The third-order valence-corrected chi connectivity index (χ3v) is 4.34. The van der Waals surface area contributed by atoms with Gasteiger partial charge in [-0.3, -0.25) is 4.90 Å². The van der Waals surface area contributed by atoms with Crippen LogP contribution in [0.2, 0.25) is 0 Å². The Morgan fingerprint density at radius 2 is 2.15 bits per heavy atom. The van der Waals surface area contributed by atoms with E-state index < -0.39 is 0 Å². The van der Waals surface area contributed by atoms with E-state index in [0.29, 0.717) is 6.04 Å². The van der Waals surface area contributed by atoms with Gasteiger partial charge in [-0.2, -0.15) is 5.26 Å². The van der Waals surface area contributed by atoms with Crippen molar-refractivity contribution < 1.29 is 0 Å². The average molecular weight is 271 g/mol. The number of likely N-dealkylation sites (N-methyl/N-ethyl adjacent to an activating group) is 1. The van der Waals surface area contributed by atoms with E-state index in [4.69, 9.17) is 5.26 Å². The Kier molecular flexibility index (Phi) is 5.17. The van der Waals surface area contributed by atoms with Gasteiger partial charge in [0.1, 0.15) is 0 Å². The number of hydrogen-bond donors (Lipinski definition) is 0. The Labute approximate surface area is 122 Å². The molecule has 1 aromatic rings. The van der Waals surface area contributed by atoms with Gasteiger partial charge in [-0.1, -0.05) is 13.0 Å². The van der Waals surface area contributed by atoms with Crippen molar-refractivity contribution >= 4 is 0 Å². The predicted molar refractivity (Wildman–Crippen MR) is 82.5 cm³/mol. The van der Waals surface area contributed by atoms with E-state index in [2.05, 4.69) is 42.8 Å². The van der Waals surface area contributed by atoms with Crippen molar-refractivity contribution in [1.82, 2.24) is 9.80 Å².